The summed E-state index contributed by atoms with van der Waals surface area (Å²) < 4.78 is 0. The molecule has 0 saturated heterocycles. The van der Waals surface area contributed by atoms with Crippen molar-refractivity contribution in [1.82, 2.24) is 0 Å². The van der Waals surface area contributed by atoms with Gasteiger partial charge in [0, 0.05) is 22.2 Å². The summed E-state index contributed by atoms with van der Waals surface area (Å²) in [7, 11) is 0. The molecule has 0 unspecified atom stereocenters. The normalized spacial score (nSPS) is 12.4. The molecule has 0 atom stereocenters. The Morgan fingerprint density at radius 2 is 1.09 bits per heavy atom. The molecule has 0 heterocycles. The van der Waals surface area contributed by atoms with Crippen LogP contribution in [0.3, 0.4) is 0 Å². The molecule has 0 aliphatic heterocycles. The van der Waals surface area contributed by atoms with Crippen molar-refractivity contribution >= 4 is 11.4 Å². The first kappa shape index (κ1) is 24.9. The molecule has 0 aliphatic carbocycles. The Morgan fingerprint density at radius 3 is 1.52 bits per heavy atom. The summed E-state index contributed by atoms with van der Waals surface area (Å²) in [5, 5.41) is 0. The van der Waals surface area contributed by atoms with Crippen molar-refractivity contribution in [2.24, 2.45) is 0 Å². The molecule has 0 saturated carbocycles. The van der Waals surface area contributed by atoms with Gasteiger partial charge in [-0.25, -0.2) is 0 Å². The van der Waals surface area contributed by atoms with Crippen molar-refractivity contribution < 1.29 is 0 Å². The summed E-state index contributed by atoms with van der Waals surface area (Å²) in [5.41, 5.74) is 24.4. The molecule has 0 spiro atoms. The molecule has 2 nitrogen and oxygen atoms in total. The van der Waals surface area contributed by atoms with Crippen LogP contribution >= 0.6 is 0 Å². The Balaban J connectivity index is 2.01. The maximum Gasteiger partial charge on any atom is 0.0379 e. The minimum absolute atomic E-state index is 0.104. The molecule has 2 heteroatoms. The molecule has 176 valence electrons. The van der Waals surface area contributed by atoms with E-state index in [-0.39, 0.29) is 10.8 Å². The fraction of sp³-hybridized carbons (Fsp3) is 0.419. The zero-order chi connectivity index (χ0) is 24.7. The van der Waals surface area contributed by atoms with Crippen LogP contribution in [0.15, 0.2) is 48.5 Å². The molecule has 3 aromatic carbocycles. The van der Waals surface area contributed by atoms with Crippen LogP contribution in [-0.4, -0.2) is 0 Å². The summed E-state index contributed by atoms with van der Waals surface area (Å²) >= 11 is 0. The average molecular weight is 443 g/mol. The third-order valence-electron chi connectivity index (χ3n) is 7.67. The number of nitrogens with two attached hydrogens (primary N) is 2. The van der Waals surface area contributed by atoms with E-state index in [4.69, 9.17) is 11.5 Å². The monoisotopic (exact) mass is 442 g/mol. The second-order valence-electron chi connectivity index (χ2n) is 11.0. The van der Waals surface area contributed by atoms with Crippen LogP contribution in [0.25, 0.3) is 0 Å². The predicted octanol–water partition coefficient (Wildman–Crippen LogP) is 7.81. The van der Waals surface area contributed by atoms with E-state index in [1.165, 1.54) is 33.4 Å². The summed E-state index contributed by atoms with van der Waals surface area (Å²) in [5.74, 6) is 0.402. The van der Waals surface area contributed by atoms with Gasteiger partial charge in [0.2, 0.25) is 0 Å². The van der Waals surface area contributed by atoms with Gasteiger partial charge >= 0.3 is 0 Å². The Morgan fingerprint density at radius 1 is 0.667 bits per heavy atom. The maximum absolute atomic E-state index is 6.39. The Labute approximate surface area is 201 Å². The molecule has 33 heavy (non-hydrogen) atoms. The van der Waals surface area contributed by atoms with Gasteiger partial charge in [-0.15, -0.1) is 0 Å². The smallest absolute Gasteiger partial charge is 0.0379 e. The molecule has 3 aromatic rings. The van der Waals surface area contributed by atoms with Crippen LogP contribution in [0, 0.1) is 13.8 Å². The molecular formula is C31H42N2. The van der Waals surface area contributed by atoms with Gasteiger partial charge in [0.1, 0.15) is 0 Å². The van der Waals surface area contributed by atoms with Gasteiger partial charge in [0.25, 0.3) is 0 Å². The largest absolute Gasteiger partial charge is 0.398 e. The second kappa shape index (κ2) is 8.89. The van der Waals surface area contributed by atoms with E-state index in [9.17, 15) is 0 Å². The lowest BCUT2D eigenvalue weighted by atomic mass is 9.73. The molecule has 0 aliphatic rings. The Hall–Kier alpha value is -2.74. The highest BCUT2D eigenvalue weighted by Gasteiger charge is 2.28. The van der Waals surface area contributed by atoms with E-state index in [1.54, 1.807) is 0 Å². The predicted molar refractivity (Wildman–Crippen MR) is 145 cm³/mol. The number of anilines is 2. The van der Waals surface area contributed by atoms with Crippen molar-refractivity contribution in [3.8, 4) is 0 Å². The van der Waals surface area contributed by atoms with E-state index in [0.717, 1.165) is 28.9 Å². The van der Waals surface area contributed by atoms with Gasteiger partial charge in [0.15, 0.2) is 0 Å². The lowest BCUT2D eigenvalue weighted by Crippen LogP contribution is -2.22. The first-order chi connectivity index (χ1) is 15.3. The average Bonchev–Trinajstić information content (AvgIpc) is 2.76. The van der Waals surface area contributed by atoms with Gasteiger partial charge in [-0.2, -0.15) is 0 Å². The fourth-order valence-electron chi connectivity index (χ4n) is 4.83. The summed E-state index contributed by atoms with van der Waals surface area (Å²) in [6.07, 6.45) is 0.948. The minimum Gasteiger partial charge on any atom is -0.398 e. The molecule has 3 rings (SSSR count). The second-order valence-corrected chi connectivity index (χ2v) is 11.0. The summed E-state index contributed by atoms with van der Waals surface area (Å²) in [4.78, 5) is 0. The van der Waals surface area contributed by atoms with Crippen molar-refractivity contribution in [2.45, 2.75) is 85.5 Å². The van der Waals surface area contributed by atoms with Crippen LogP contribution in [0.2, 0.25) is 0 Å². The van der Waals surface area contributed by atoms with E-state index in [2.05, 4.69) is 111 Å². The van der Waals surface area contributed by atoms with E-state index in [0.29, 0.717) is 5.92 Å². The first-order valence-corrected chi connectivity index (χ1v) is 12.2. The highest BCUT2D eigenvalue weighted by Crippen LogP contribution is 2.39. The molecule has 0 bridgehead atoms. The SMILES string of the molecule is CCc1cc(C(C)(C)c2ccc(C(C)(C)c3cc(C)c(N)c(C(C)C)c3)cc2)cc(C)c1N. The van der Waals surface area contributed by atoms with E-state index < -0.39 is 0 Å². The van der Waals surface area contributed by atoms with Gasteiger partial charge in [-0.05, 0) is 70.7 Å². The number of benzene rings is 3. The molecule has 0 radical (unpaired) electrons. The molecule has 0 aromatic heterocycles. The number of aryl methyl sites for hydroxylation is 3. The standard InChI is InChI=1S/C31H42N2/c1-10-22-17-25(15-20(4)28(22)32)30(6,7)23-11-13-24(14-12-23)31(8,9)26-16-21(5)29(33)27(18-26)19(2)3/h11-19H,10,32-33H2,1-9H3. The summed E-state index contributed by atoms with van der Waals surface area (Å²) in [6, 6.07) is 18.3. The maximum atomic E-state index is 6.39. The minimum atomic E-state index is -0.113. The van der Waals surface area contributed by atoms with Crippen LogP contribution in [0.1, 0.15) is 98.9 Å². The topological polar surface area (TPSA) is 52.0 Å². The number of hydrogen-bond acceptors (Lipinski definition) is 2. The third kappa shape index (κ3) is 4.53. The summed E-state index contributed by atoms with van der Waals surface area (Å²) in [6.45, 7) is 20.0. The Bertz CT molecular complexity index is 1150. The lowest BCUT2D eigenvalue weighted by Gasteiger charge is -2.31. The van der Waals surface area contributed by atoms with Gasteiger partial charge in [-0.1, -0.05) is 97.0 Å². The zero-order valence-electron chi connectivity index (χ0n) is 22.1. The third-order valence-corrected chi connectivity index (χ3v) is 7.67. The first-order valence-electron chi connectivity index (χ1n) is 12.2. The highest BCUT2D eigenvalue weighted by molar-refractivity contribution is 5.59. The van der Waals surface area contributed by atoms with Crippen LogP contribution in [0.5, 0.6) is 0 Å². The van der Waals surface area contributed by atoms with Crippen LogP contribution < -0.4 is 11.5 Å². The van der Waals surface area contributed by atoms with Gasteiger partial charge in [0.05, 0.1) is 0 Å². The number of rotatable bonds is 6. The van der Waals surface area contributed by atoms with Crippen LogP contribution in [-0.2, 0) is 17.3 Å². The van der Waals surface area contributed by atoms with Crippen molar-refractivity contribution in [3.63, 3.8) is 0 Å². The highest BCUT2D eigenvalue weighted by atomic mass is 14.6. The van der Waals surface area contributed by atoms with Crippen LogP contribution in [0.4, 0.5) is 11.4 Å². The van der Waals surface area contributed by atoms with Gasteiger partial charge in [-0.3, -0.25) is 0 Å². The van der Waals surface area contributed by atoms with Crippen molar-refractivity contribution in [1.29, 1.82) is 0 Å². The fourth-order valence-corrected chi connectivity index (χ4v) is 4.83. The lowest BCUT2D eigenvalue weighted by molar-refractivity contribution is 0.624. The van der Waals surface area contributed by atoms with Crippen molar-refractivity contribution in [2.75, 3.05) is 11.5 Å². The number of hydrogen-bond donors (Lipinski definition) is 2. The van der Waals surface area contributed by atoms with E-state index >= 15 is 0 Å². The molecule has 4 N–H and O–H groups in total. The molecule has 0 amide bonds. The number of nitrogen functional groups attached to an aromatic ring is 2. The van der Waals surface area contributed by atoms with Gasteiger partial charge < -0.3 is 11.5 Å². The van der Waals surface area contributed by atoms with Crippen molar-refractivity contribution in [3.05, 3.63) is 93.0 Å². The quantitative estimate of drug-likeness (QED) is 0.382. The Kier molecular flexibility index (Phi) is 6.71. The van der Waals surface area contributed by atoms with E-state index in [1.807, 2.05) is 0 Å². The zero-order valence-corrected chi connectivity index (χ0v) is 22.1. The molecule has 0 fully saturated rings. The molecular weight excluding hydrogens is 400 g/mol.